The van der Waals surface area contributed by atoms with Crippen LogP contribution < -0.4 is 14.6 Å². The zero-order valence-corrected chi connectivity index (χ0v) is 14.3. The Morgan fingerprint density at radius 2 is 1.74 bits per heavy atom. The minimum Gasteiger partial charge on any atom is -0.496 e. The van der Waals surface area contributed by atoms with Gasteiger partial charge >= 0.3 is 0 Å². The first-order valence-corrected chi connectivity index (χ1v) is 8.80. The number of ether oxygens (including phenoxy) is 2. The van der Waals surface area contributed by atoms with Gasteiger partial charge in [0, 0.05) is 0 Å². The topological polar surface area (TPSA) is 78.6 Å². The molecule has 19 heavy (non-hydrogen) atoms. The molecule has 0 spiro atoms. The molecule has 108 valence electrons. The molecule has 0 saturated heterocycles. The minimum atomic E-state index is -3.38. The lowest BCUT2D eigenvalue weighted by Crippen LogP contribution is -2.16. The van der Waals surface area contributed by atoms with Crippen molar-refractivity contribution in [1.29, 1.82) is 0 Å². The molecule has 1 aromatic carbocycles. The van der Waals surface area contributed by atoms with Crippen molar-refractivity contribution in [1.82, 2.24) is 0 Å². The first-order chi connectivity index (χ1) is 8.83. The van der Waals surface area contributed by atoms with Crippen LogP contribution in [0.15, 0.2) is 21.1 Å². The Kier molecular flexibility index (Phi) is 6.58. The average molecular weight is 417 g/mol. The molecule has 1 aromatic rings. The highest BCUT2D eigenvalue weighted by Crippen LogP contribution is 2.36. The zero-order valence-electron chi connectivity index (χ0n) is 10.4. The van der Waals surface area contributed by atoms with Gasteiger partial charge < -0.3 is 9.47 Å². The van der Waals surface area contributed by atoms with E-state index in [1.54, 1.807) is 19.2 Å². The van der Waals surface area contributed by atoms with Crippen molar-refractivity contribution < 1.29 is 17.9 Å². The predicted octanol–water partition coefficient (Wildman–Crippen LogP) is 2.67. The molecule has 0 aliphatic carbocycles. The van der Waals surface area contributed by atoms with Crippen molar-refractivity contribution in [2.75, 3.05) is 19.5 Å². The Balaban J connectivity index is 2.48. The molecule has 0 bridgehead atoms. The molecule has 0 aliphatic heterocycles. The maximum atomic E-state index is 10.7. The maximum Gasteiger partial charge on any atom is 0.209 e. The standard InChI is InChI=1S/C11H15Br2NO4S/c1-17-10-6-9(13)11(7-8(10)12)18-4-2-3-5-19(14,15)16/h6-7H,2-5H2,1H3,(H2,14,15,16). The molecule has 2 N–H and O–H groups in total. The Morgan fingerprint density at radius 1 is 1.16 bits per heavy atom. The number of halogens is 2. The summed E-state index contributed by atoms with van der Waals surface area (Å²) >= 11 is 6.75. The third-order valence-electron chi connectivity index (χ3n) is 2.29. The van der Waals surface area contributed by atoms with E-state index in [0.29, 0.717) is 30.9 Å². The van der Waals surface area contributed by atoms with Gasteiger partial charge in [-0.15, -0.1) is 0 Å². The largest absolute Gasteiger partial charge is 0.496 e. The van der Waals surface area contributed by atoms with E-state index in [9.17, 15) is 8.42 Å². The van der Waals surface area contributed by atoms with Gasteiger partial charge in [0.2, 0.25) is 10.0 Å². The summed E-state index contributed by atoms with van der Waals surface area (Å²) in [5.41, 5.74) is 0. The van der Waals surface area contributed by atoms with Crippen LogP contribution in [0, 0.1) is 0 Å². The molecule has 8 heteroatoms. The fraction of sp³-hybridized carbons (Fsp3) is 0.455. The quantitative estimate of drug-likeness (QED) is 0.693. The van der Waals surface area contributed by atoms with E-state index in [-0.39, 0.29) is 5.75 Å². The van der Waals surface area contributed by atoms with Crippen molar-refractivity contribution in [2.45, 2.75) is 12.8 Å². The van der Waals surface area contributed by atoms with E-state index in [0.717, 1.165) is 8.95 Å². The molecule has 1 rings (SSSR count). The Morgan fingerprint density at radius 3 is 2.32 bits per heavy atom. The summed E-state index contributed by atoms with van der Waals surface area (Å²) in [6.45, 7) is 0.424. The van der Waals surface area contributed by atoms with Crippen LogP contribution in [0.5, 0.6) is 11.5 Å². The van der Waals surface area contributed by atoms with E-state index in [2.05, 4.69) is 31.9 Å². The normalized spacial score (nSPS) is 11.4. The second-order valence-electron chi connectivity index (χ2n) is 3.84. The van der Waals surface area contributed by atoms with E-state index in [4.69, 9.17) is 14.6 Å². The van der Waals surface area contributed by atoms with Crippen molar-refractivity contribution in [2.24, 2.45) is 5.14 Å². The Bertz CT molecular complexity index is 534. The Labute approximate surface area is 129 Å². The molecule has 0 radical (unpaired) electrons. The lowest BCUT2D eigenvalue weighted by molar-refractivity contribution is 0.306. The fourth-order valence-electron chi connectivity index (χ4n) is 1.36. The maximum absolute atomic E-state index is 10.7. The van der Waals surface area contributed by atoms with Crippen LogP contribution in [0.4, 0.5) is 0 Å². The van der Waals surface area contributed by atoms with E-state index in [1.807, 2.05) is 0 Å². The zero-order chi connectivity index (χ0) is 14.5. The summed E-state index contributed by atoms with van der Waals surface area (Å²) in [6, 6.07) is 3.59. The van der Waals surface area contributed by atoms with E-state index in [1.165, 1.54) is 0 Å². The van der Waals surface area contributed by atoms with Gasteiger partial charge in [-0.2, -0.15) is 0 Å². The van der Waals surface area contributed by atoms with E-state index >= 15 is 0 Å². The average Bonchev–Trinajstić information content (AvgIpc) is 2.31. The van der Waals surface area contributed by atoms with Crippen LogP contribution in [0.25, 0.3) is 0 Å². The lowest BCUT2D eigenvalue weighted by atomic mass is 10.3. The number of hydrogen-bond donors (Lipinski definition) is 1. The Hall–Kier alpha value is -0.310. The number of rotatable bonds is 7. The van der Waals surface area contributed by atoms with Gasteiger partial charge in [0.25, 0.3) is 0 Å². The number of methoxy groups -OCH3 is 1. The molecule has 0 saturated carbocycles. The molecule has 0 heterocycles. The van der Waals surface area contributed by atoms with Crippen LogP contribution >= 0.6 is 31.9 Å². The number of unbranched alkanes of at least 4 members (excludes halogenated alkanes) is 1. The van der Waals surface area contributed by atoms with Gasteiger partial charge in [0.15, 0.2) is 0 Å². The summed E-state index contributed by atoms with van der Waals surface area (Å²) in [5.74, 6) is 1.35. The van der Waals surface area contributed by atoms with Gasteiger partial charge in [-0.1, -0.05) is 0 Å². The van der Waals surface area contributed by atoms with Crippen molar-refractivity contribution in [3.8, 4) is 11.5 Å². The molecular formula is C11H15Br2NO4S. The van der Waals surface area contributed by atoms with Gasteiger partial charge in [0.1, 0.15) is 11.5 Å². The number of sulfonamides is 1. The molecule has 0 aromatic heterocycles. The van der Waals surface area contributed by atoms with Crippen LogP contribution in [0.2, 0.25) is 0 Å². The number of primary sulfonamides is 1. The molecular weight excluding hydrogens is 402 g/mol. The van der Waals surface area contributed by atoms with Crippen LogP contribution in [-0.4, -0.2) is 27.9 Å². The van der Waals surface area contributed by atoms with Gasteiger partial charge in [-0.3, -0.25) is 0 Å². The van der Waals surface area contributed by atoms with Crippen molar-refractivity contribution in [3.63, 3.8) is 0 Å². The summed E-state index contributed by atoms with van der Waals surface area (Å²) in [4.78, 5) is 0. The lowest BCUT2D eigenvalue weighted by Gasteiger charge is -2.11. The number of benzene rings is 1. The van der Waals surface area contributed by atoms with Crippen LogP contribution in [0.3, 0.4) is 0 Å². The molecule has 0 atom stereocenters. The highest BCUT2D eigenvalue weighted by Gasteiger charge is 2.08. The summed E-state index contributed by atoms with van der Waals surface area (Å²) < 4.78 is 33.8. The monoisotopic (exact) mass is 415 g/mol. The van der Waals surface area contributed by atoms with Gasteiger partial charge in [0.05, 0.1) is 28.4 Å². The predicted molar refractivity (Wildman–Crippen MR) is 81.1 cm³/mol. The first kappa shape index (κ1) is 16.7. The minimum absolute atomic E-state index is 0.0240. The third kappa shape index (κ3) is 6.11. The third-order valence-corrected chi connectivity index (χ3v) is 4.38. The molecule has 5 nitrogen and oxygen atoms in total. The summed E-state index contributed by atoms with van der Waals surface area (Å²) in [6.07, 6.45) is 1.10. The molecule has 0 aliphatic rings. The smallest absolute Gasteiger partial charge is 0.209 e. The highest BCUT2D eigenvalue weighted by molar-refractivity contribution is 9.11. The number of hydrogen-bond acceptors (Lipinski definition) is 4. The van der Waals surface area contributed by atoms with Crippen LogP contribution in [-0.2, 0) is 10.0 Å². The van der Waals surface area contributed by atoms with Crippen LogP contribution in [0.1, 0.15) is 12.8 Å². The second kappa shape index (κ2) is 7.47. The van der Waals surface area contributed by atoms with E-state index < -0.39 is 10.0 Å². The highest BCUT2D eigenvalue weighted by atomic mass is 79.9. The summed E-state index contributed by atoms with van der Waals surface area (Å²) in [5, 5.41) is 4.91. The molecule has 0 fully saturated rings. The SMILES string of the molecule is COc1cc(Br)c(OCCCCS(N)(=O)=O)cc1Br. The van der Waals surface area contributed by atoms with Gasteiger partial charge in [-0.25, -0.2) is 13.6 Å². The first-order valence-electron chi connectivity index (χ1n) is 5.50. The second-order valence-corrected chi connectivity index (χ2v) is 7.28. The number of nitrogens with two attached hydrogens (primary N) is 1. The summed E-state index contributed by atoms with van der Waals surface area (Å²) in [7, 11) is -1.80. The van der Waals surface area contributed by atoms with Gasteiger partial charge in [-0.05, 0) is 56.8 Å². The van der Waals surface area contributed by atoms with Crippen molar-refractivity contribution in [3.05, 3.63) is 21.1 Å². The molecule has 0 amide bonds. The van der Waals surface area contributed by atoms with Crippen molar-refractivity contribution >= 4 is 41.9 Å². The molecule has 0 unspecified atom stereocenters. The fourth-order valence-corrected chi connectivity index (χ4v) is 2.89.